The summed E-state index contributed by atoms with van der Waals surface area (Å²) in [4.78, 5) is 38.0. The molecule has 10 heteroatoms. The molecule has 0 rings (SSSR count). The van der Waals surface area contributed by atoms with Gasteiger partial charge in [-0.2, -0.15) is 0 Å². The van der Waals surface area contributed by atoms with Crippen LogP contribution in [-0.4, -0.2) is 70.2 Å². The normalized spacial score (nSPS) is 13.9. The molecule has 0 aromatic carbocycles. The molecule has 0 aromatic rings. The topological polar surface area (TPSA) is 154 Å². The van der Waals surface area contributed by atoms with Gasteiger partial charge in [-0.05, 0) is 44.6 Å². The zero-order valence-electron chi connectivity index (χ0n) is 20.5. The number of carbonyl (C=O) groups excluding carboxylic acids is 1. The Morgan fingerprint density at radius 2 is 1.42 bits per heavy atom. The third-order valence-electron chi connectivity index (χ3n) is 5.22. The van der Waals surface area contributed by atoms with Crippen LogP contribution in [0.15, 0.2) is 0 Å². The molecule has 182 valence electrons. The van der Waals surface area contributed by atoms with Gasteiger partial charge in [-0.3, -0.25) is 0 Å². The number of nitrogens with one attached hydrogen (secondary N) is 2. The molecule has 0 saturated carbocycles. The van der Waals surface area contributed by atoms with Gasteiger partial charge in [0.25, 0.3) is 0 Å². The molecular formula is C21H42N4O6. The van der Waals surface area contributed by atoms with E-state index >= 15 is 0 Å². The first-order valence-electron chi connectivity index (χ1n) is 10.5. The summed E-state index contributed by atoms with van der Waals surface area (Å²) in [6, 6.07) is -0.902. The summed E-state index contributed by atoms with van der Waals surface area (Å²) in [5.41, 5.74) is 2.18. The van der Waals surface area contributed by atoms with E-state index in [-0.39, 0.29) is 13.1 Å². The zero-order valence-corrected chi connectivity index (χ0v) is 20.5. The second kappa shape index (κ2) is 10.4. The third-order valence-corrected chi connectivity index (χ3v) is 5.22. The lowest BCUT2D eigenvalue weighted by Crippen LogP contribution is -2.76. The van der Waals surface area contributed by atoms with Crippen molar-refractivity contribution in [2.75, 3.05) is 19.6 Å². The summed E-state index contributed by atoms with van der Waals surface area (Å²) in [6.07, 6.45) is -2.78. The van der Waals surface area contributed by atoms with E-state index in [1.54, 1.807) is 20.8 Å². The number of nitrogens with two attached hydrogens (primary N) is 1. The van der Waals surface area contributed by atoms with Gasteiger partial charge in [0.2, 0.25) is 0 Å². The van der Waals surface area contributed by atoms with Crippen LogP contribution in [0.1, 0.15) is 68.7 Å². The Kier molecular flexibility index (Phi) is 9.64. The van der Waals surface area contributed by atoms with Crippen LogP contribution in [0.5, 0.6) is 0 Å². The lowest BCUT2D eigenvalue weighted by Gasteiger charge is -2.59. The molecule has 0 fully saturated rings. The smallest absolute Gasteiger partial charge is 0.410 e. The molecule has 0 heterocycles. The van der Waals surface area contributed by atoms with Crippen molar-refractivity contribution in [3.8, 4) is 0 Å². The average molecular weight is 447 g/mol. The second-order valence-corrected chi connectivity index (χ2v) is 10.8. The molecule has 6 N–H and O–H groups in total. The van der Waals surface area contributed by atoms with E-state index in [2.05, 4.69) is 10.6 Å². The fraction of sp³-hybridized carbons (Fsp3) is 0.857. The van der Waals surface area contributed by atoms with Gasteiger partial charge >= 0.3 is 18.3 Å². The van der Waals surface area contributed by atoms with Crippen LogP contribution in [0.4, 0.5) is 14.4 Å². The van der Waals surface area contributed by atoms with Gasteiger partial charge in [0.15, 0.2) is 0 Å². The molecule has 0 aromatic heterocycles. The molecule has 0 spiro atoms. The van der Waals surface area contributed by atoms with Crippen molar-refractivity contribution in [1.82, 2.24) is 15.5 Å². The molecular weight excluding hydrogens is 404 g/mol. The van der Waals surface area contributed by atoms with Crippen molar-refractivity contribution in [3.63, 3.8) is 0 Å². The summed E-state index contributed by atoms with van der Waals surface area (Å²) in [6.45, 7) is 16.6. The Balaban J connectivity index is 6.92. The Morgan fingerprint density at radius 1 is 0.935 bits per heavy atom. The molecule has 0 saturated heterocycles. The lowest BCUT2D eigenvalue weighted by molar-refractivity contribution is -0.0584. The molecule has 3 amide bonds. The molecule has 0 radical (unpaired) electrons. The number of ether oxygens (including phenoxy) is 1. The highest BCUT2D eigenvalue weighted by atomic mass is 16.6. The highest BCUT2D eigenvalue weighted by molar-refractivity contribution is 5.71. The van der Waals surface area contributed by atoms with E-state index in [0.717, 1.165) is 0 Å². The first-order chi connectivity index (χ1) is 13.8. The lowest BCUT2D eigenvalue weighted by atomic mass is 9.56. The van der Waals surface area contributed by atoms with Crippen LogP contribution in [0.25, 0.3) is 0 Å². The van der Waals surface area contributed by atoms with Crippen molar-refractivity contribution >= 4 is 18.3 Å². The van der Waals surface area contributed by atoms with Gasteiger partial charge in [-0.15, -0.1) is 0 Å². The van der Waals surface area contributed by atoms with E-state index in [0.29, 0.717) is 13.0 Å². The Bertz CT molecular complexity index is 617. The number of amides is 3. The summed E-state index contributed by atoms with van der Waals surface area (Å²) >= 11 is 0. The number of hydrogen-bond acceptors (Lipinski definition) is 5. The van der Waals surface area contributed by atoms with Gasteiger partial charge in [0.05, 0.1) is 11.6 Å². The van der Waals surface area contributed by atoms with E-state index in [9.17, 15) is 24.6 Å². The fourth-order valence-electron chi connectivity index (χ4n) is 4.39. The molecule has 0 aliphatic rings. The van der Waals surface area contributed by atoms with Crippen molar-refractivity contribution in [1.29, 1.82) is 0 Å². The van der Waals surface area contributed by atoms with Gasteiger partial charge in [0.1, 0.15) is 5.60 Å². The van der Waals surface area contributed by atoms with Crippen molar-refractivity contribution in [2.24, 2.45) is 16.6 Å². The average Bonchev–Trinajstić information content (AvgIpc) is 2.51. The molecule has 1 atom stereocenters. The van der Waals surface area contributed by atoms with E-state index in [4.69, 9.17) is 10.5 Å². The number of nitrogens with zero attached hydrogens (tertiary/aromatic N) is 1. The highest BCUT2D eigenvalue weighted by Crippen LogP contribution is 2.48. The predicted octanol–water partition coefficient (Wildman–Crippen LogP) is 3.31. The quantitative estimate of drug-likeness (QED) is 0.383. The fourth-order valence-corrected chi connectivity index (χ4v) is 4.39. The first kappa shape index (κ1) is 28.8. The largest absolute Gasteiger partial charge is 0.465 e. The Morgan fingerprint density at radius 3 is 1.74 bits per heavy atom. The van der Waals surface area contributed by atoms with Gasteiger partial charge < -0.3 is 36.2 Å². The minimum absolute atomic E-state index is 0.173. The number of carbonyl (C=O) groups is 3. The molecule has 0 aliphatic carbocycles. The van der Waals surface area contributed by atoms with Gasteiger partial charge in [0, 0.05) is 13.1 Å². The summed E-state index contributed by atoms with van der Waals surface area (Å²) in [5.74, 6) is 0. The van der Waals surface area contributed by atoms with E-state index < -0.39 is 46.3 Å². The molecule has 0 bridgehead atoms. The summed E-state index contributed by atoms with van der Waals surface area (Å²) in [7, 11) is 0. The SMILES string of the molecule is CC(C)(C)OC(=O)N(CCCN)C(CNC(=O)O)C(NC(=O)O)(C(C)(C)C)C(C)(C)C. The minimum atomic E-state index is -1.28. The van der Waals surface area contributed by atoms with Crippen molar-refractivity contribution in [3.05, 3.63) is 0 Å². The van der Waals surface area contributed by atoms with Crippen LogP contribution >= 0.6 is 0 Å². The zero-order chi connectivity index (χ0) is 24.8. The first-order valence-corrected chi connectivity index (χ1v) is 10.5. The standard InChI is InChI=1S/C21H42N4O6/c1-18(2,3)21(19(4,5)6,24-16(28)29)14(13-23-15(26)27)25(12-10-11-22)17(30)31-20(7,8)9/h14,23-24H,10-13,22H2,1-9H3,(H,26,27)(H,28,29). The maximum Gasteiger partial charge on any atom is 0.410 e. The number of rotatable bonds is 8. The maximum absolute atomic E-state index is 13.2. The maximum atomic E-state index is 13.2. The van der Waals surface area contributed by atoms with Crippen molar-refractivity contribution in [2.45, 2.75) is 85.9 Å². The Labute approximate surface area is 185 Å². The van der Waals surface area contributed by atoms with Crippen LogP contribution in [-0.2, 0) is 4.74 Å². The molecule has 10 nitrogen and oxygen atoms in total. The predicted molar refractivity (Wildman–Crippen MR) is 119 cm³/mol. The van der Waals surface area contributed by atoms with Crippen LogP contribution in [0.2, 0.25) is 0 Å². The van der Waals surface area contributed by atoms with E-state index in [1.165, 1.54) is 4.90 Å². The monoisotopic (exact) mass is 446 g/mol. The van der Waals surface area contributed by atoms with Crippen LogP contribution in [0.3, 0.4) is 0 Å². The highest BCUT2D eigenvalue weighted by Gasteiger charge is 2.59. The van der Waals surface area contributed by atoms with Crippen molar-refractivity contribution < 1.29 is 29.3 Å². The van der Waals surface area contributed by atoms with E-state index in [1.807, 2.05) is 41.5 Å². The Hall–Kier alpha value is -2.23. The minimum Gasteiger partial charge on any atom is -0.465 e. The molecule has 1 unspecified atom stereocenters. The third kappa shape index (κ3) is 7.75. The number of carboxylic acid groups (broad SMARTS) is 2. The second-order valence-electron chi connectivity index (χ2n) is 10.8. The van der Waals surface area contributed by atoms with Gasteiger partial charge in [-0.25, -0.2) is 14.4 Å². The number of hydrogen-bond donors (Lipinski definition) is 5. The van der Waals surface area contributed by atoms with Gasteiger partial charge in [-0.1, -0.05) is 41.5 Å². The van der Waals surface area contributed by atoms with Crippen LogP contribution < -0.4 is 16.4 Å². The molecule has 0 aliphatic heterocycles. The summed E-state index contributed by atoms with van der Waals surface area (Å²) in [5, 5.41) is 24.1. The summed E-state index contributed by atoms with van der Waals surface area (Å²) < 4.78 is 5.61. The van der Waals surface area contributed by atoms with Crippen LogP contribution in [0, 0.1) is 10.8 Å². The molecule has 31 heavy (non-hydrogen) atoms.